The van der Waals surface area contributed by atoms with Gasteiger partial charge < -0.3 is 10.6 Å². The van der Waals surface area contributed by atoms with Crippen molar-refractivity contribution in [2.75, 3.05) is 6.54 Å². The van der Waals surface area contributed by atoms with Gasteiger partial charge in [-0.05, 0) is 29.3 Å². The topological polar surface area (TPSA) is 41.1 Å². The van der Waals surface area contributed by atoms with Gasteiger partial charge in [0, 0.05) is 18.2 Å². The van der Waals surface area contributed by atoms with Crippen molar-refractivity contribution in [1.82, 2.24) is 10.6 Å². The summed E-state index contributed by atoms with van der Waals surface area (Å²) in [6.45, 7) is 2.40. The van der Waals surface area contributed by atoms with Crippen LogP contribution in [-0.4, -0.2) is 12.5 Å². The molecule has 128 valence electrons. The standard InChI is InChI=1S/C21H21FN2O/c1-15(18-11-6-9-16-7-2-4-10-19(16)18)23-14-21(25)24-13-17-8-3-5-12-20(17)22/h2-12,15,23H,13-14H2,1H3,(H,24,25)/t15-/m0/s1. The molecule has 0 aliphatic heterocycles. The zero-order valence-corrected chi connectivity index (χ0v) is 14.1. The van der Waals surface area contributed by atoms with Crippen LogP contribution in [0.3, 0.4) is 0 Å². The van der Waals surface area contributed by atoms with Crippen LogP contribution in [0.2, 0.25) is 0 Å². The van der Waals surface area contributed by atoms with E-state index in [2.05, 4.69) is 34.9 Å². The van der Waals surface area contributed by atoms with Gasteiger partial charge in [-0.3, -0.25) is 4.79 Å². The molecule has 0 saturated carbocycles. The van der Waals surface area contributed by atoms with Crippen LogP contribution < -0.4 is 10.6 Å². The van der Waals surface area contributed by atoms with Gasteiger partial charge in [0.2, 0.25) is 5.91 Å². The SMILES string of the molecule is C[C@H](NCC(=O)NCc1ccccc1F)c1cccc2ccccc12. The number of fused-ring (bicyclic) bond motifs is 1. The molecule has 0 aliphatic carbocycles. The fourth-order valence-electron chi connectivity index (χ4n) is 2.88. The van der Waals surface area contributed by atoms with E-state index < -0.39 is 0 Å². The Hall–Kier alpha value is -2.72. The highest BCUT2D eigenvalue weighted by atomic mass is 19.1. The molecular weight excluding hydrogens is 315 g/mol. The van der Waals surface area contributed by atoms with Crippen molar-refractivity contribution in [3.63, 3.8) is 0 Å². The Morgan fingerprint density at radius 2 is 1.72 bits per heavy atom. The maximum absolute atomic E-state index is 13.6. The Labute approximate surface area is 146 Å². The summed E-state index contributed by atoms with van der Waals surface area (Å²) >= 11 is 0. The van der Waals surface area contributed by atoms with E-state index in [1.165, 1.54) is 16.8 Å². The van der Waals surface area contributed by atoms with Gasteiger partial charge in [0.25, 0.3) is 0 Å². The highest BCUT2D eigenvalue weighted by Gasteiger charge is 2.11. The average Bonchev–Trinajstić information content (AvgIpc) is 2.65. The normalized spacial score (nSPS) is 12.1. The molecule has 0 fully saturated rings. The summed E-state index contributed by atoms with van der Waals surface area (Å²) in [5.41, 5.74) is 1.64. The number of amides is 1. The lowest BCUT2D eigenvalue weighted by Gasteiger charge is -2.16. The lowest BCUT2D eigenvalue weighted by molar-refractivity contribution is -0.120. The van der Waals surface area contributed by atoms with E-state index in [0.29, 0.717) is 5.56 Å². The van der Waals surface area contributed by atoms with E-state index >= 15 is 0 Å². The summed E-state index contributed by atoms with van der Waals surface area (Å²) in [5.74, 6) is -0.463. The molecule has 3 nitrogen and oxygen atoms in total. The minimum absolute atomic E-state index is 0.0327. The summed E-state index contributed by atoms with van der Waals surface area (Å²) in [6.07, 6.45) is 0. The van der Waals surface area contributed by atoms with Crippen molar-refractivity contribution in [2.24, 2.45) is 0 Å². The van der Waals surface area contributed by atoms with Gasteiger partial charge >= 0.3 is 0 Å². The summed E-state index contributed by atoms with van der Waals surface area (Å²) < 4.78 is 13.6. The van der Waals surface area contributed by atoms with Crippen molar-refractivity contribution >= 4 is 16.7 Å². The number of hydrogen-bond donors (Lipinski definition) is 2. The van der Waals surface area contributed by atoms with Crippen LogP contribution in [-0.2, 0) is 11.3 Å². The molecule has 0 radical (unpaired) electrons. The number of nitrogens with one attached hydrogen (secondary N) is 2. The number of halogens is 1. The second-order valence-electron chi connectivity index (χ2n) is 6.04. The van der Waals surface area contributed by atoms with Gasteiger partial charge in [0.05, 0.1) is 6.54 Å². The molecule has 0 aromatic heterocycles. The molecule has 4 heteroatoms. The molecule has 0 saturated heterocycles. The van der Waals surface area contributed by atoms with Gasteiger partial charge in [0.1, 0.15) is 5.82 Å². The van der Waals surface area contributed by atoms with Crippen LogP contribution in [0.5, 0.6) is 0 Å². The van der Waals surface area contributed by atoms with Gasteiger partial charge in [-0.2, -0.15) is 0 Å². The van der Waals surface area contributed by atoms with Crippen LogP contribution in [0.15, 0.2) is 66.7 Å². The number of rotatable bonds is 6. The summed E-state index contributed by atoms with van der Waals surface area (Å²) in [5, 5.41) is 8.33. The maximum atomic E-state index is 13.6. The van der Waals surface area contributed by atoms with E-state index in [4.69, 9.17) is 0 Å². The second-order valence-corrected chi connectivity index (χ2v) is 6.04. The Balaban J connectivity index is 1.57. The predicted octanol–water partition coefficient (Wildman–Crippen LogP) is 3.95. The lowest BCUT2D eigenvalue weighted by atomic mass is 10.00. The number of hydrogen-bond acceptors (Lipinski definition) is 2. The maximum Gasteiger partial charge on any atom is 0.234 e. The fourth-order valence-corrected chi connectivity index (χ4v) is 2.88. The first-order valence-corrected chi connectivity index (χ1v) is 8.36. The summed E-state index contributed by atoms with van der Waals surface area (Å²) in [7, 11) is 0. The molecule has 0 bridgehead atoms. The van der Waals surface area contributed by atoms with Gasteiger partial charge in [0.15, 0.2) is 0 Å². The minimum atomic E-state index is -0.306. The van der Waals surface area contributed by atoms with E-state index in [1.54, 1.807) is 18.2 Å². The van der Waals surface area contributed by atoms with Crippen LogP contribution in [0, 0.1) is 5.82 Å². The Bertz CT molecular complexity index is 873. The monoisotopic (exact) mass is 336 g/mol. The molecule has 25 heavy (non-hydrogen) atoms. The van der Waals surface area contributed by atoms with Crippen LogP contribution in [0.1, 0.15) is 24.1 Å². The Kier molecular flexibility index (Phi) is 5.41. The minimum Gasteiger partial charge on any atom is -0.351 e. The van der Waals surface area contributed by atoms with E-state index in [9.17, 15) is 9.18 Å². The quantitative estimate of drug-likeness (QED) is 0.716. The third kappa shape index (κ3) is 4.22. The first-order valence-electron chi connectivity index (χ1n) is 8.36. The molecule has 1 atom stereocenters. The highest BCUT2D eigenvalue weighted by Crippen LogP contribution is 2.23. The van der Waals surface area contributed by atoms with Crippen molar-refractivity contribution in [3.05, 3.63) is 83.7 Å². The number of benzene rings is 3. The third-order valence-electron chi connectivity index (χ3n) is 4.29. The Morgan fingerprint density at radius 3 is 2.56 bits per heavy atom. The predicted molar refractivity (Wildman–Crippen MR) is 98.6 cm³/mol. The van der Waals surface area contributed by atoms with Crippen LogP contribution in [0.4, 0.5) is 4.39 Å². The third-order valence-corrected chi connectivity index (χ3v) is 4.29. The molecule has 3 aromatic rings. The number of carbonyl (C=O) groups is 1. The highest BCUT2D eigenvalue weighted by molar-refractivity contribution is 5.86. The van der Waals surface area contributed by atoms with E-state index in [-0.39, 0.29) is 30.9 Å². The smallest absolute Gasteiger partial charge is 0.234 e. The molecule has 3 rings (SSSR count). The first kappa shape index (κ1) is 17.1. The average molecular weight is 336 g/mol. The van der Waals surface area contributed by atoms with Gasteiger partial charge in [-0.1, -0.05) is 60.7 Å². The Morgan fingerprint density at radius 1 is 1.00 bits per heavy atom. The van der Waals surface area contributed by atoms with Crippen molar-refractivity contribution in [1.29, 1.82) is 0 Å². The lowest BCUT2D eigenvalue weighted by Crippen LogP contribution is -2.34. The molecular formula is C21H21FN2O. The van der Waals surface area contributed by atoms with Crippen LogP contribution in [0.25, 0.3) is 10.8 Å². The zero-order chi connectivity index (χ0) is 17.6. The molecule has 0 spiro atoms. The summed E-state index contributed by atoms with van der Waals surface area (Å²) in [6, 6.07) is 20.8. The fraction of sp³-hybridized carbons (Fsp3) is 0.190. The molecule has 2 N–H and O–H groups in total. The number of carbonyl (C=O) groups excluding carboxylic acids is 1. The second kappa shape index (κ2) is 7.90. The van der Waals surface area contributed by atoms with Gasteiger partial charge in [-0.15, -0.1) is 0 Å². The van der Waals surface area contributed by atoms with Crippen LogP contribution >= 0.6 is 0 Å². The summed E-state index contributed by atoms with van der Waals surface area (Å²) in [4.78, 5) is 12.0. The largest absolute Gasteiger partial charge is 0.351 e. The molecule has 3 aromatic carbocycles. The molecule has 0 aliphatic rings. The van der Waals surface area contributed by atoms with Crippen molar-refractivity contribution in [2.45, 2.75) is 19.5 Å². The van der Waals surface area contributed by atoms with Gasteiger partial charge in [-0.25, -0.2) is 4.39 Å². The van der Waals surface area contributed by atoms with E-state index in [0.717, 1.165) is 5.56 Å². The first-order chi connectivity index (χ1) is 12.1. The molecule has 0 heterocycles. The molecule has 1 amide bonds. The van der Waals surface area contributed by atoms with E-state index in [1.807, 2.05) is 25.1 Å². The van der Waals surface area contributed by atoms with Crippen molar-refractivity contribution < 1.29 is 9.18 Å². The molecule has 0 unspecified atom stereocenters. The van der Waals surface area contributed by atoms with Crippen molar-refractivity contribution in [3.8, 4) is 0 Å². The zero-order valence-electron chi connectivity index (χ0n) is 14.1.